The summed E-state index contributed by atoms with van der Waals surface area (Å²) in [6.07, 6.45) is 8.81. The van der Waals surface area contributed by atoms with Crippen molar-refractivity contribution in [2.24, 2.45) is 0 Å². The predicted molar refractivity (Wildman–Crippen MR) is 131 cm³/mol. The molecular weight excluding hydrogens is 430 g/mol. The number of rotatable bonds is 6. The fourth-order valence-electron chi connectivity index (χ4n) is 3.53. The molecule has 0 N–H and O–H groups in total. The van der Waals surface area contributed by atoms with Crippen LogP contribution in [0.2, 0.25) is 6.04 Å². The third-order valence-electron chi connectivity index (χ3n) is 5.50. The Labute approximate surface area is 205 Å². The first-order valence-corrected chi connectivity index (χ1v) is 12.2. The molecule has 4 heteroatoms. The summed E-state index contributed by atoms with van der Waals surface area (Å²) in [4.78, 5) is 0. The molecule has 0 bridgehead atoms. The van der Waals surface area contributed by atoms with Crippen LogP contribution in [0.1, 0.15) is 50.3 Å². The van der Waals surface area contributed by atoms with Crippen LogP contribution < -0.4 is 0 Å². The van der Waals surface area contributed by atoms with E-state index in [1.165, 1.54) is 22.3 Å². The van der Waals surface area contributed by atoms with E-state index in [1.807, 2.05) is 26.1 Å². The fraction of sp³-hybridized carbons (Fsp3) is 0.333. The molecule has 3 rings (SSSR count). The molecule has 2 aromatic rings. The van der Waals surface area contributed by atoms with E-state index in [0.29, 0.717) is 6.04 Å². The Bertz CT molecular complexity index is 912. The monoisotopic (exact) mass is 465 g/mol. The first kappa shape index (κ1) is 27.2. The molecule has 1 atom stereocenters. The maximum absolute atomic E-state index is 13.0. The van der Waals surface area contributed by atoms with Gasteiger partial charge in [-0.15, -0.1) is 0 Å². The molecule has 0 fully saturated rings. The summed E-state index contributed by atoms with van der Waals surface area (Å²) in [5, 5.41) is 0. The predicted octanol–water partition coefficient (Wildman–Crippen LogP) is 6.80. The van der Waals surface area contributed by atoms with E-state index in [4.69, 9.17) is 0 Å². The molecule has 2 nitrogen and oxygen atoms in total. The van der Waals surface area contributed by atoms with Crippen molar-refractivity contribution in [2.45, 2.75) is 51.6 Å². The molecule has 0 heterocycles. The van der Waals surface area contributed by atoms with Crippen molar-refractivity contribution in [2.75, 3.05) is 7.05 Å². The van der Waals surface area contributed by atoms with E-state index < -0.39 is 8.84 Å². The molecule has 1 aliphatic carbocycles. The van der Waals surface area contributed by atoms with Crippen molar-refractivity contribution in [1.29, 1.82) is 0 Å². The Morgan fingerprint density at radius 1 is 1.06 bits per heavy atom. The SMILES string of the molecule is C=CC=CC.CN([Si](=O)CC1C(Cc2ccccc2)=Cc2ccccc21)C(C)(C)C.[Ti+2]. The Kier molecular flexibility index (Phi) is 11.3. The van der Waals surface area contributed by atoms with Crippen LogP contribution in [0.4, 0.5) is 0 Å². The maximum Gasteiger partial charge on any atom is 2.00 e. The van der Waals surface area contributed by atoms with Gasteiger partial charge in [-0.3, -0.25) is 0 Å². The molecule has 31 heavy (non-hydrogen) atoms. The second kappa shape index (κ2) is 12.9. The van der Waals surface area contributed by atoms with Crippen LogP contribution in [-0.4, -0.2) is 26.0 Å². The first-order chi connectivity index (χ1) is 14.3. The molecule has 1 unspecified atom stereocenters. The van der Waals surface area contributed by atoms with Gasteiger partial charge in [0.2, 0.25) is 0 Å². The van der Waals surface area contributed by atoms with Crippen molar-refractivity contribution in [3.63, 3.8) is 0 Å². The number of fused-ring (bicyclic) bond motifs is 1. The zero-order valence-electron chi connectivity index (χ0n) is 19.6. The molecule has 160 valence electrons. The summed E-state index contributed by atoms with van der Waals surface area (Å²) in [5.74, 6) is 0.257. The zero-order valence-corrected chi connectivity index (χ0v) is 22.1. The Morgan fingerprint density at radius 2 is 1.68 bits per heavy atom. The van der Waals surface area contributed by atoms with Crippen LogP contribution >= 0.6 is 0 Å². The van der Waals surface area contributed by atoms with Gasteiger partial charge >= 0.3 is 30.6 Å². The van der Waals surface area contributed by atoms with Crippen molar-refractivity contribution in [3.05, 3.63) is 102 Å². The topological polar surface area (TPSA) is 20.3 Å². The summed E-state index contributed by atoms with van der Waals surface area (Å²) < 4.78 is 15.1. The quantitative estimate of drug-likeness (QED) is 0.345. The molecule has 0 saturated heterocycles. The molecule has 0 amide bonds. The van der Waals surface area contributed by atoms with Crippen molar-refractivity contribution < 1.29 is 26.2 Å². The normalized spacial score (nSPS) is 14.6. The summed E-state index contributed by atoms with van der Waals surface area (Å²) in [6, 6.07) is 19.8. The van der Waals surface area contributed by atoms with Gasteiger partial charge in [0.1, 0.15) is 0 Å². The Balaban J connectivity index is 0.000000721. The minimum absolute atomic E-state index is 0. The molecule has 0 saturated carbocycles. The van der Waals surface area contributed by atoms with Gasteiger partial charge in [0, 0.05) is 24.5 Å². The van der Waals surface area contributed by atoms with E-state index in [0.717, 1.165) is 6.42 Å². The van der Waals surface area contributed by atoms with Gasteiger partial charge in [0.25, 0.3) is 0 Å². The van der Waals surface area contributed by atoms with Crippen molar-refractivity contribution in [3.8, 4) is 0 Å². The molecule has 0 aliphatic heterocycles. The third-order valence-corrected chi connectivity index (χ3v) is 7.68. The van der Waals surface area contributed by atoms with Crippen LogP contribution in [0.25, 0.3) is 6.08 Å². The van der Waals surface area contributed by atoms with Gasteiger partial charge in [-0.2, -0.15) is 0 Å². The van der Waals surface area contributed by atoms with E-state index >= 15 is 0 Å². The molecule has 0 aromatic heterocycles. The first-order valence-electron chi connectivity index (χ1n) is 10.6. The number of hydrogen-bond acceptors (Lipinski definition) is 1. The van der Waals surface area contributed by atoms with Crippen LogP contribution in [0.5, 0.6) is 0 Å². The van der Waals surface area contributed by atoms with E-state index in [-0.39, 0.29) is 33.2 Å². The van der Waals surface area contributed by atoms with Crippen molar-refractivity contribution in [1.82, 2.24) is 4.57 Å². The average molecular weight is 466 g/mol. The molecular formula is C27H35NOSiTi+2. The minimum atomic E-state index is -1.83. The average Bonchev–Trinajstić information content (AvgIpc) is 3.05. The van der Waals surface area contributed by atoms with Crippen LogP contribution in [0.15, 0.2) is 85.0 Å². The van der Waals surface area contributed by atoms with E-state index in [2.05, 4.69) is 92.6 Å². The fourth-order valence-corrected chi connectivity index (χ4v) is 5.38. The van der Waals surface area contributed by atoms with Gasteiger partial charge in [0.15, 0.2) is 0 Å². The van der Waals surface area contributed by atoms with Crippen LogP contribution in [0.3, 0.4) is 0 Å². The second-order valence-corrected chi connectivity index (χ2v) is 10.5. The summed E-state index contributed by atoms with van der Waals surface area (Å²) in [6.45, 7) is 11.8. The van der Waals surface area contributed by atoms with Gasteiger partial charge in [-0.05, 0) is 50.8 Å². The van der Waals surface area contributed by atoms with Gasteiger partial charge < -0.3 is 9.03 Å². The number of benzene rings is 2. The zero-order chi connectivity index (χ0) is 22.1. The van der Waals surface area contributed by atoms with Gasteiger partial charge in [0.05, 0.1) is 0 Å². The third kappa shape index (κ3) is 7.99. The minimum Gasteiger partial charge on any atom is -0.375 e. The molecule has 0 radical (unpaired) electrons. The summed E-state index contributed by atoms with van der Waals surface area (Å²) in [5.41, 5.74) is 5.24. The van der Waals surface area contributed by atoms with E-state index in [9.17, 15) is 4.46 Å². The maximum atomic E-state index is 13.0. The number of allylic oxidation sites excluding steroid dienone is 4. The van der Waals surface area contributed by atoms with E-state index in [1.54, 1.807) is 6.08 Å². The van der Waals surface area contributed by atoms with Gasteiger partial charge in [-0.1, -0.05) is 91.1 Å². The molecule has 0 spiro atoms. The Hall–Kier alpha value is -1.81. The van der Waals surface area contributed by atoms with Crippen molar-refractivity contribution >= 4 is 14.9 Å². The smallest absolute Gasteiger partial charge is 0.375 e. The number of nitrogens with zero attached hydrogens (tertiary/aromatic N) is 1. The largest absolute Gasteiger partial charge is 2.00 e. The van der Waals surface area contributed by atoms with Crippen LogP contribution in [-0.2, 0) is 32.6 Å². The van der Waals surface area contributed by atoms with Gasteiger partial charge in [-0.25, -0.2) is 0 Å². The molecule has 1 aliphatic rings. The summed E-state index contributed by atoms with van der Waals surface area (Å²) in [7, 11) is 0.158. The standard InChI is InChI=1S/C22H27NOSi.C5H8.Ti/c1-22(2,3)23(4)25(24)16-21-19(14-17-10-6-5-7-11-17)15-18-12-8-9-13-20(18)21;1-3-5-4-2;/h5-13,15,21H,14,16H2,1-4H3;3-5H,1H2,2H3;/q;;+2. The Morgan fingerprint density at radius 3 is 2.23 bits per heavy atom. The van der Waals surface area contributed by atoms with Crippen LogP contribution in [0, 0.1) is 0 Å². The summed E-state index contributed by atoms with van der Waals surface area (Å²) >= 11 is 0. The molecule has 2 aromatic carbocycles. The number of hydrogen-bond donors (Lipinski definition) is 0. The second-order valence-electron chi connectivity index (χ2n) is 8.65.